The van der Waals surface area contributed by atoms with E-state index in [9.17, 15) is 9.18 Å². The van der Waals surface area contributed by atoms with Gasteiger partial charge in [-0.25, -0.2) is 4.39 Å². The summed E-state index contributed by atoms with van der Waals surface area (Å²) in [6.45, 7) is 0. The fourth-order valence-corrected chi connectivity index (χ4v) is 2.10. The zero-order valence-electron chi connectivity index (χ0n) is 11.3. The predicted octanol–water partition coefficient (Wildman–Crippen LogP) is 3.42. The van der Waals surface area contributed by atoms with Crippen LogP contribution in [-0.4, -0.2) is 5.78 Å². The van der Waals surface area contributed by atoms with E-state index in [-0.39, 0.29) is 17.6 Å². The molecule has 2 aromatic rings. The van der Waals surface area contributed by atoms with Crippen molar-refractivity contribution in [2.75, 3.05) is 0 Å². The highest BCUT2D eigenvalue weighted by atomic mass is 19.1. The van der Waals surface area contributed by atoms with Gasteiger partial charge >= 0.3 is 0 Å². The Morgan fingerprint density at radius 2 is 1.70 bits per heavy atom. The molecule has 0 radical (unpaired) electrons. The minimum absolute atomic E-state index is 0.117. The Morgan fingerprint density at radius 3 is 2.35 bits per heavy atom. The lowest BCUT2D eigenvalue weighted by Crippen LogP contribution is -2.13. The summed E-state index contributed by atoms with van der Waals surface area (Å²) in [5.41, 5.74) is 7.94. The average molecular weight is 271 g/mol. The van der Waals surface area contributed by atoms with Crippen LogP contribution in [0.5, 0.6) is 0 Å². The molecule has 0 bridgehead atoms. The van der Waals surface area contributed by atoms with Gasteiger partial charge < -0.3 is 5.73 Å². The Kier molecular flexibility index (Phi) is 5.02. The second-order valence-corrected chi connectivity index (χ2v) is 4.90. The van der Waals surface area contributed by atoms with Crippen LogP contribution in [0.15, 0.2) is 54.6 Å². The molecule has 0 aromatic heterocycles. The second-order valence-electron chi connectivity index (χ2n) is 4.90. The zero-order valence-corrected chi connectivity index (χ0v) is 11.3. The summed E-state index contributed by atoms with van der Waals surface area (Å²) >= 11 is 0. The standard InChI is InChI=1S/C17H18FNO/c18-15-8-6-13(7-9-15)12-16(20)10-11-17(19)14-4-2-1-3-5-14/h1-9,17H,10-12,19H2. The van der Waals surface area contributed by atoms with Crippen molar-refractivity contribution in [3.8, 4) is 0 Å². The third-order valence-corrected chi connectivity index (χ3v) is 3.28. The quantitative estimate of drug-likeness (QED) is 0.874. The van der Waals surface area contributed by atoms with Gasteiger partial charge in [-0.3, -0.25) is 4.79 Å². The summed E-state index contributed by atoms with van der Waals surface area (Å²) in [6.07, 6.45) is 1.40. The molecule has 3 heteroatoms. The van der Waals surface area contributed by atoms with E-state index in [1.54, 1.807) is 12.1 Å². The number of nitrogens with two attached hydrogens (primary N) is 1. The van der Waals surface area contributed by atoms with E-state index in [2.05, 4.69) is 0 Å². The highest BCUT2D eigenvalue weighted by molar-refractivity contribution is 5.80. The van der Waals surface area contributed by atoms with E-state index in [1.165, 1.54) is 12.1 Å². The van der Waals surface area contributed by atoms with E-state index >= 15 is 0 Å². The molecule has 0 aliphatic carbocycles. The lowest BCUT2D eigenvalue weighted by Gasteiger charge is -2.11. The normalized spacial score (nSPS) is 12.1. The number of hydrogen-bond donors (Lipinski definition) is 1. The van der Waals surface area contributed by atoms with Crippen molar-refractivity contribution in [3.05, 3.63) is 71.5 Å². The molecule has 0 heterocycles. The number of rotatable bonds is 6. The summed E-state index contributed by atoms with van der Waals surface area (Å²) in [4.78, 5) is 11.9. The van der Waals surface area contributed by atoms with Crippen LogP contribution in [0.4, 0.5) is 4.39 Å². The van der Waals surface area contributed by atoms with Gasteiger partial charge in [-0.15, -0.1) is 0 Å². The first-order chi connectivity index (χ1) is 9.65. The summed E-state index contributed by atoms with van der Waals surface area (Å²) in [5, 5.41) is 0. The van der Waals surface area contributed by atoms with Crippen molar-refractivity contribution in [1.29, 1.82) is 0 Å². The third kappa shape index (κ3) is 4.28. The lowest BCUT2D eigenvalue weighted by molar-refractivity contribution is -0.118. The van der Waals surface area contributed by atoms with E-state index in [0.29, 0.717) is 19.3 Å². The van der Waals surface area contributed by atoms with Crippen molar-refractivity contribution >= 4 is 5.78 Å². The molecular formula is C17H18FNO. The Bertz CT molecular complexity index is 551. The SMILES string of the molecule is NC(CCC(=O)Cc1ccc(F)cc1)c1ccccc1. The van der Waals surface area contributed by atoms with Gasteiger partial charge in [0.2, 0.25) is 0 Å². The molecule has 0 aliphatic rings. The maximum atomic E-state index is 12.8. The molecule has 1 atom stereocenters. The van der Waals surface area contributed by atoms with Crippen LogP contribution < -0.4 is 5.73 Å². The van der Waals surface area contributed by atoms with Crippen LogP contribution in [-0.2, 0) is 11.2 Å². The maximum absolute atomic E-state index is 12.8. The summed E-state index contributed by atoms with van der Waals surface area (Å²) in [6, 6.07) is 15.7. The van der Waals surface area contributed by atoms with Crippen LogP contribution in [0.3, 0.4) is 0 Å². The molecule has 20 heavy (non-hydrogen) atoms. The minimum atomic E-state index is -0.285. The number of hydrogen-bond acceptors (Lipinski definition) is 2. The third-order valence-electron chi connectivity index (χ3n) is 3.28. The molecule has 0 amide bonds. The Morgan fingerprint density at radius 1 is 1.05 bits per heavy atom. The number of ketones is 1. The van der Waals surface area contributed by atoms with E-state index < -0.39 is 0 Å². The number of carbonyl (C=O) groups is 1. The fraction of sp³-hybridized carbons (Fsp3) is 0.235. The smallest absolute Gasteiger partial charge is 0.137 e. The fourth-order valence-electron chi connectivity index (χ4n) is 2.10. The van der Waals surface area contributed by atoms with Crippen molar-refractivity contribution in [1.82, 2.24) is 0 Å². The monoisotopic (exact) mass is 271 g/mol. The van der Waals surface area contributed by atoms with Gasteiger partial charge in [-0.1, -0.05) is 42.5 Å². The van der Waals surface area contributed by atoms with Gasteiger partial charge in [-0.05, 0) is 29.7 Å². The molecule has 0 saturated heterocycles. The molecule has 0 spiro atoms. The number of benzene rings is 2. The van der Waals surface area contributed by atoms with E-state index in [4.69, 9.17) is 5.73 Å². The Balaban J connectivity index is 1.82. The summed E-state index contributed by atoms with van der Waals surface area (Å²) in [5.74, 6) is -0.157. The molecule has 1 unspecified atom stereocenters. The number of halogens is 1. The summed E-state index contributed by atoms with van der Waals surface area (Å²) in [7, 11) is 0. The van der Waals surface area contributed by atoms with Crippen LogP contribution >= 0.6 is 0 Å². The minimum Gasteiger partial charge on any atom is -0.324 e. The number of carbonyl (C=O) groups excluding carboxylic acids is 1. The van der Waals surface area contributed by atoms with Crippen LogP contribution in [0.2, 0.25) is 0 Å². The topological polar surface area (TPSA) is 43.1 Å². The maximum Gasteiger partial charge on any atom is 0.137 e. The molecule has 2 N–H and O–H groups in total. The highest BCUT2D eigenvalue weighted by Crippen LogP contribution is 2.16. The molecule has 2 nitrogen and oxygen atoms in total. The highest BCUT2D eigenvalue weighted by Gasteiger charge is 2.09. The van der Waals surface area contributed by atoms with Gasteiger partial charge in [0.05, 0.1) is 0 Å². The van der Waals surface area contributed by atoms with Crippen LogP contribution in [0.25, 0.3) is 0 Å². The van der Waals surface area contributed by atoms with Crippen LogP contribution in [0.1, 0.15) is 30.0 Å². The Hall–Kier alpha value is -2.00. The van der Waals surface area contributed by atoms with Crippen molar-refractivity contribution in [2.24, 2.45) is 5.73 Å². The first-order valence-corrected chi connectivity index (χ1v) is 6.72. The van der Waals surface area contributed by atoms with Crippen molar-refractivity contribution in [3.63, 3.8) is 0 Å². The molecule has 2 rings (SSSR count). The predicted molar refractivity (Wildman–Crippen MR) is 77.7 cm³/mol. The second kappa shape index (κ2) is 6.96. The van der Waals surface area contributed by atoms with Crippen molar-refractivity contribution < 1.29 is 9.18 Å². The first kappa shape index (κ1) is 14.4. The van der Waals surface area contributed by atoms with Crippen LogP contribution in [0, 0.1) is 5.82 Å². The molecule has 0 aliphatic heterocycles. The van der Waals surface area contributed by atoms with Gasteiger partial charge in [0.15, 0.2) is 0 Å². The Labute approximate surface area is 118 Å². The van der Waals surface area contributed by atoms with E-state index in [0.717, 1.165) is 11.1 Å². The van der Waals surface area contributed by atoms with Gasteiger partial charge in [0, 0.05) is 18.9 Å². The molecule has 104 valence electrons. The molecular weight excluding hydrogens is 253 g/mol. The molecule has 0 fully saturated rings. The van der Waals surface area contributed by atoms with Gasteiger partial charge in [0.1, 0.15) is 11.6 Å². The van der Waals surface area contributed by atoms with Gasteiger partial charge in [0.25, 0.3) is 0 Å². The largest absolute Gasteiger partial charge is 0.324 e. The van der Waals surface area contributed by atoms with Gasteiger partial charge in [-0.2, -0.15) is 0 Å². The zero-order chi connectivity index (χ0) is 14.4. The van der Waals surface area contributed by atoms with E-state index in [1.807, 2.05) is 30.3 Å². The first-order valence-electron chi connectivity index (χ1n) is 6.72. The lowest BCUT2D eigenvalue weighted by atomic mass is 9.99. The molecule has 0 saturated carbocycles. The number of Topliss-reactive ketones (excluding diaryl/α,β-unsaturated/α-hetero) is 1. The average Bonchev–Trinajstić information content (AvgIpc) is 2.48. The molecule has 2 aromatic carbocycles. The summed E-state index contributed by atoms with van der Waals surface area (Å²) < 4.78 is 12.8. The van der Waals surface area contributed by atoms with Crippen molar-refractivity contribution in [2.45, 2.75) is 25.3 Å².